The highest BCUT2D eigenvalue weighted by Gasteiger charge is 2.67. The second-order valence-corrected chi connectivity index (χ2v) is 6.38. The lowest BCUT2D eigenvalue weighted by molar-refractivity contribution is -0.169. The van der Waals surface area contributed by atoms with Gasteiger partial charge in [0.2, 0.25) is 0 Å². The van der Waals surface area contributed by atoms with Gasteiger partial charge in [-0.3, -0.25) is 4.57 Å². The van der Waals surface area contributed by atoms with Gasteiger partial charge < -0.3 is 24.2 Å². The maximum Gasteiger partial charge on any atom is 0.371 e. The van der Waals surface area contributed by atoms with E-state index in [-0.39, 0.29) is 19.4 Å². The van der Waals surface area contributed by atoms with Crippen LogP contribution >= 0.6 is 7.60 Å². The SMILES string of the molecule is CCOC(=O)C(O)(C(CC)(CC)n1ccnc1)P(=O)(O)O. The number of rotatable bonds is 7. The normalized spacial score (nSPS) is 15.5. The third-order valence-electron chi connectivity index (χ3n) is 3.80. The van der Waals surface area contributed by atoms with Crippen LogP contribution in [0.4, 0.5) is 0 Å². The topological polar surface area (TPSA) is 122 Å². The molecule has 0 saturated carbocycles. The second-order valence-electron chi connectivity index (χ2n) is 4.65. The molecule has 1 aromatic rings. The fourth-order valence-electron chi connectivity index (χ4n) is 2.61. The van der Waals surface area contributed by atoms with E-state index in [0.717, 1.165) is 0 Å². The van der Waals surface area contributed by atoms with Gasteiger partial charge in [0, 0.05) is 12.4 Å². The third kappa shape index (κ3) is 2.64. The number of carbonyl (C=O) groups is 1. The molecular formula is C12H21N2O6P. The number of aromatic nitrogens is 2. The van der Waals surface area contributed by atoms with Crippen LogP contribution in [0.15, 0.2) is 18.7 Å². The van der Waals surface area contributed by atoms with Gasteiger partial charge in [0.05, 0.1) is 18.5 Å². The number of esters is 1. The molecule has 0 aliphatic heterocycles. The van der Waals surface area contributed by atoms with Gasteiger partial charge in [-0.25, -0.2) is 9.78 Å². The van der Waals surface area contributed by atoms with Crippen LogP contribution in [0, 0.1) is 0 Å². The summed E-state index contributed by atoms with van der Waals surface area (Å²) in [7, 11) is -5.24. The predicted molar refractivity (Wildman–Crippen MR) is 74.4 cm³/mol. The van der Waals surface area contributed by atoms with Crippen LogP contribution in [0.25, 0.3) is 0 Å². The summed E-state index contributed by atoms with van der Waals surface area (Å²) in [6.45, 7) is 4.65. The highest BCUT2D eigenvalue weighted by atomic mass is 31.2. The van der Waals surface area contributed by atoms with E-state index in [1.54, 1.807) is 13.8 Å². The molecule has 0 spiro atoms. The Kier molecular flexibility index (Phi) is 5.33. The quantitative estimate of drug-likeness (QED) is 0.502. The standard InChI is InChI=1S/C12H21N2O6P/c1-4-11(5-2,14-8-7-13-9-14)12(16,21(17,18)19)10(15)20-6-3/h7-9,16H,4-6H2,1-3H3,(H2,17,18,19). The molecule has 0 aromatic carbocycles. The van der Waals surface area contributed by atoms with Crippen molar-refractivity contribution in [2.75, 3.05) is 6.61 Å². The first kappa shape index (κ1) is 17.8. The van der Waals surface area contributed by atoms with Crippen molar-refractivity contribution in [2.24, 2.45) is 0 Å². The molecule has 1 heterocycles. The van der Waals surface area contributed by atoms with E-state index in [4.69, 9.17) is 4.74 Å². The van der Waals surface area contributed by atoms with Gasteiger partial charge in [-0.1, -0.05) is 13.8 Å². The second kappa shape index (κ2) is 6.27. The first-order valence-corrected chi connectivity index (χ1v) is 8.26. The number of aliphatic hydroxyl groups is 1. The van der Waals surface area contributed by atoms with E-state index in [1.807, 2.05) is 0 Å². The average molecular weight is 320 g/mol. The van der Waals surface area contributed by atoms with Crippen LogP contribution in [0.3, 0.4) is 0 Å². The van der Waals surface area contributed by atoms with Gasteiger partial charge in [0.15, 0.2) is 0 Å². The van der Waals surface area contributed by atoms with Crippen molar-refractivity contribution in [3.05, 3.63) is 18.7 Å². The average Bonchev–Trinajstić information content (AvgIpc) is 2.94. The number of ether oxygens (including phenoxy) is 1. The summed E-state index contributed by atoms with van der Waals surface area (Å²) in [5.74, 6) is -1.34. The van der Waals surface area contributed by atoms with Gasteiger partial charge in [0.25, 0.3) is 5.34 Å². The Morgan fingerprint density at radius 2 is 1.90 bits per heavy atom. The van der Waals surface area contributed by atoms with Crippen LogP contribution in [0.5, 0.6) is 0 Å². The van der Waals surface area contributed by atoms with Crippen molar-refractivity contribution in [1.29, 1.82) is 0 Å². The zero-order valence-corrected chi connectivity index (χ0v) is 13.2. The Labute approximate surface area is 122 Å². The lowest BCUT2D eigenvalue weighted by atomic mass is 9.85. The molecular weight excluding hydrogens is 299 g/mol. The molecule has 1 rings (SSSR count). The first-order valence-electron chi connectivity index (χ1n) is 6.64. The van der Waals surface area contributed by atoms with Gasteiger partial charge >= 0.3 is 13.6 Å². The first-order chi connectivity index (χ1) is 9.71. The molecule has 3 N–H and O–H groups in total. The largest absolute Gasteiger partial charge is 0.463 e. The summed E-state index contributed by atoms with van der Waals surface area (Å²) in [5.41, 5.74) is -1.56. The Morgan fingerprint density at radius 1 is 1.33 bits per heavy atom. The molecule has 1 aromatic heterocycles. The minimum Gasteiger partial charge on any atom is -0.463 e. The van der Waals surface area contributed by atoms with Crippen molar-refractivity contribution in [1.82, 2.24) is 9.55 Å². The molecule has 0 fully saturated rings. The van der Waals surface area contributed by atoms with Gasteiger partial charge in [0.1, 0.15) is 0 Å². The predicted octanol–water partition coefficient (Wildman–Crippen LogP) is 0.828. The highest BCUT2D eigenvalue weighted by molar-refractivity contribution is 7.54. The summed E-state index contributed by atoms with van der Waals surface area (Å²) in [6, 6.07) is 0. The number of imidazole rings is 1. The number of carbonyl (C=O) groups excluding carboxylic acids is 1. The van der Waals surface area contributed by atoms with Crippen LogP contribution in [0.1, 0.15) is 33.6 Å². The van der Waals surface area contributed by atoms with E-state index >= 15 is 0 Å². The molecule has 0 aliphatic rings. The van der Waals surface area contributed by atoms with Crippen molar-refractivity contribution in [3.8, 4) is 0 Å². The van der Waals surface area contributed by atoms with E-state index in [0.29, 0.717) is 0 Å². The minimum absolute atomic E-state index is 0.0975. The summed E-state index contributed by atoms with van der Waals surface area (Å²) >= 11 is 0. The zero-order valence-electron chi connectivity index (χ0n) is 12.3. The van der Waals surface area contributed by atoms with E-state index in [1.165, 1.54) is 30.2 Å². The Hall–Kier alpha value is -1.21. The molecule has 0 amide bonds. The van der Waals surface area contributed by atoms with E-state index in [2.05, 4.69) is 4.98 Å². The number of hydrogen-bond acceptors (Lipinski definition) is 5. The molecule has 21 heavy (non-hydrogen) atoms. The third-order valence-corrected chi connectivity index (χ3v) is 5.24. The summed E-state index contributed by atoms with van der Waals surface area (Å²) in [5, 5.41) is 7.76. The Morgan fingerprint density at radius 3 is 2.24 bits per heavy atom. The van der Waals surface area contributed by atoms with Crippen molar-refractivity contribution < 1.29 is 29.0 Å². The molecule has 8 nitrogen and oxygen atoms in total. The fourth-order valence-corrected chi connectivity index (χ4v) is 3.89. The molecule has 1 atom stereocenters. The lowest BCUT2D eigenvalue weighted by Gasteiger charge is -2.44. The molecule has 0 bridgehead atoms. The molecule has 1 unspecified atom stereocenters. The Balaban J connectivity index is 3.61. The van der Waals surface area contributed by atoms with Gasteiger partial charge in [-0.15, -0.1) is 0 Å². The summed E-state index contributed by atoms with van der Waals surface area (Å²) < 4.78 is 18.0. The molecule has 0 saturated heterocycles. The van der Waals surface area contributed by atoms with Crippen molar-refractivity contribution in [2.45, 2.75) is 44.5 Å². The van der Waals surface area contributed by atoms with Crippen molar-refractivity contribution >= 4 is 13.6 Å². The molecule has 9 heteroatoms. The Bertz CT molecular complexity index is 522. The monoisotopic (exact) mass is 320 g/mol. The summed E-state index contributed by atoms with van der Waals surface area (Å²) in [6.07, 6.45) is 4.37. The fraction of sp³-hybridized carbons (Fsp3) is 0.667. The lowest BCUT2D eigenvalue weighted by Crippen LogP contribution is -2.59. The minimum atomic E-state index is -5.24. The maximum atomic E-state index is 12.2. The van der Waals surface area contributed by atoms with E-state index in [9.17, 15) is 24.3 Å². The van der Waals surface area contributed by atoms with Gasteiger partial charge in [-0.2, -0.15) is 0 Å². The summed E-state index contributed by atoms with van der Waals surface area (Å²) in [4.78, 5) is 35.3. The molecule has 0 radical (unpaired) electrons. The maximum absolute atomic E-state index is 12.2. The number of nitrogens with zero attached hydrogens (tertiary/aromatic N) is 2. The van der Waals surface area contributed by atoms with E-state index < -0.39 is 24.4 Å². The van der Waals surface area contributed by atoms with Crippen LogP contribution in [-0.2, 0) is 19.6 Å². The molecule has 0 aliphatic carbocycles. The molecule has 120 valence electrons. The van der Waals surface area contributed by atoms with Crippen LogP contribution in [-0.4, -0.2) is 42.4 Å². The van der Waals surface area contributed by atoms with Crippen LogP contribution < -0.4 is 0 Å². The number of hydrogen-bond donors (Lipinski definition) is 3. The highest BCUT2D eigenvalue weighted by Crippen LogP contribution is 2.59. The zero-order chi connectivity index (χ0) is 16.3. The smallest absolute Gasteiger partial charge is 0.371 e. The van der Waals surface area contributed by atoms with Crippen molar-refractivity contribution in [3.63, 3.8) is 0 Å². The van der Waals surface area contributed by atoms with Crippen LogP contribution in [0.2, 0.25) is 0 Å². The van der Waals surface area contributed by atoms with Gasteiger partial charge in [-0.05, 0) is 19.8 Å².